The minimum absolute atomic E-state index is 0. The molecule has 1 unspecified atom stereocenters. The average Bonchev–Trinajstić information content (AvgIpc) is 2.90. The molecule has 0 aromatic heterocycles. The van der Waals surface area contributed by atoms with Crippen molar-refractivity contribution < 1.29 is 34.6 Å². The molecule has 1 saturated carbocycles. The van der Waals surface area contributed by atoms with Gasteiger partial charge in [0.1, 0.15) is 17.1 Å². The van der Waals surface area contributed by atoms with E-state index in [9.17, 15) is 4.79 Å². The van der Waals surface area contributed by atoms with E-state index in [1.807, 2.05) is 18.2 Å². The van der Waals surface area contributed by atoms with E-state index in [1.165, 1.54) is 25.7 Å². The maximum atomic E-state index is 12.4. The van der Waals surface area contributed by atoms with Crippen LogP contribution in [-0.2, 0) is 0 Å². The van der Waals surface area contributed by atoms with Gasteiger partial charge in [-0.2, -0.15) is 0 Å². The summed E-state index contributed by atoms with van der Waals surface area (Å²) >= 11 is 0. The zero-order valence-electron chi connectivity index (χ0n) is 12.9. The standard InChI is InChI=1S/C14H19O3P.Li.H/c1-16-11-8-5-9-12(17-2)13(11)14(15)18-10-6-3-4-7-10;;/h5,8-10,18H,3-4,6-7H2,1-2H3;;/q;+1;-1. The van der Waals surface area contributed by atoms with E-state index in [4.69, 9.17) is 9.47 Å². The van der Waals surface area contributed by atoms with Crippen molar-refractivity contribution >= 4 is 14.1 Å². The number of ether oxygens (including phenoxy) is 2. The van der Waals surface area contributed by atoms with Crippen molar-refractivity contribution in [3.05, 3.63) is 23.8 Å². The van der Waals surface area contributed by atoms with Crippen LogP contribution in [0.5, 0.6) is 11.5 Å². The smallest absolute Gasteiger partial charge is 1.00 e. The summed E-state index contributed by atoms with van der Waals surface area (Å²) in [6, 6.07) is 5.47. The van der Waals surface area contributed by atoms with Crippen LogP contribution in [0.2, 0.25) is 0 Å². The van der Waals surface area contributed by atoms with Gasteiger partial charge in [-0.3, -0.25) is 4.79 Å². The molecule has 5 heteroatoms. The Bertz CT molecular complexity index is 414. The van der Waals surface area contributed by atoms with Crippen LogP contribution in [0.1, 0.15) is 37.5 Å². The Morgan fingerprint density at radius 3 is 2.21 bits per heavy atom. The molecular weight excluding hydrogens is 254 g/mol. The summed E-state index contributed by atoms with van der Waals surface area (Å²) < 4.78 is 10.6. The van der Waals surface area contributed by atoms with Crippen molar-refractivity contribution in [2.75, 3.05) is 14.2 Å². The first-order chi connectivity index (χ1) is 8.76. The van der Waals surface area contributed by atoms with Crippen LogP contribution in [-0.4, -0.2) is 25.4 Å². The molecule has 0 bridgehead atoms. The fourth-order valence-electron chi connectivity index (χ4n) is 2.40. The Balaban J connectivity index is 0.00000180. The molecule has 0 aliphatic heterocycles. The molecule has 0 spiro atoms. The predicted octanol–water partition coefficient (Wildman–Crippen LogP) is 0.582. The van der Waals surface area contributed by atoms with E-state index < -0.39 is 0 Å². The van der Waals surface area contributed by atoms with Crippen LogP contribution in [0.15, 0.2) is 18.2 Å². The first-order valence-corrected chi connectivity index (χ1v) is 7.36. The number of carbonyl (C=O) groups excluding carboxylic acids is 1. The number of rotatable bonds is 5. The molecule has 0 amide bonds. The van der Waals surface area contributed by atoms with Gasteiger partial charge in [0.25, 0.3) is 0 Å². The van der Waals surface area contributed by atoms with Crippen LogP contribution in [0.4, 0.5) is 0 Å². The second kappa shape index (κ2) is 7.95. The van der Waals surface area contributed by atoms with Crippen LogP contribution in [0.3, 0.4) is 0 Å². The summed E-state index contributed by atoms with van der Waals surface area (Å²) in [6.07, 6.45) is 4.88. The van der Waals surface area contributed by atoms with E-state index in [2.05, 4.69) is 0 Å². The Morgan fingerprint density at radius 2 is 1.74 bits per heavy atom. The van der Waals surface area contributed by atoms with Gasteiger partial charge in [0, 0.05) is 0 Å². The summed E-state index contributed by atoms with van der Waals surface area (Å²) in [5.41, 5.74) is 1.33. The SMILES string of the molecule is COc1cccc(OC)c1C(=O)PC1CCCC1.[H-].[Li+]. The summed E-state index contributed by atoms with van der Waals surface area (Å²) in [5.74, 6) is 1.23. The number of carbonyl (C=O) groups is 1. The number of hydrogen-bond acceptors (Lipinski definition) is 3. The van der Waals surface area contributed by atoms with Crippen molar-refractivity contribution in [2.24, 2.45) is 0 Å². The van der Waals surface area contributed by atoms with E-state index in [0.717, 1.165) is 0 Å². The van der Waals surface area contributed by atoms with E-state index in [-0.39, 0.29) is 25.8 Å². The molecule has 0 saturated heterocycles. The summed E-state index contributed by atoms with van der Waals surface area (Å²) in [6.45, 7) is 0. The van der Waals surface area contributed by atoms with Crippen LogP contribution in [0.25, 0.3) is 0 Å². The normalized spacial score (nSPS) is 15.5. The zero-order chi connectivity index (χ0) is 13.0. The third kappa shape index (κ3) is 3.99. The van der Waals surface area contributed by atoms with E-state index in [1.54, 1.807) is 14.2 Å². The fourth-order valence-corrected chi connectivity index (χ4v) is 3.86. The molecular formula is C14H20LiO3P. The van der Waals surface area contributed by atoms with E-state index >= 15 is 0 Å². The molecule has 0 radical (unpaired) electrons. The van der Waals surface area contributed by atoms with Gasteiger partial charge >= 0.3 is 18.9 Å². The van der Waals surface area contributed by atoms with Crippen LogP contribution in [0, 0.1) is 0 Å². The second-order valence-electron chi connectivity index (χ2n) is 4.49. The second-order valence-corrected chi connectivity index (χ2v) is 6.05. The molecule has 1 aromatic carbocycles. The predicted molar refractivity (Wildman–Crippen MR) is 75.6 cm³/mol. The van der Waals surface area contributed by atoms with Gasteiger partial charge in [-0.15, -0.1) is 0 Å². The van der Waals surface area contributed by atoms with Gasteiger partial charge < -0.3 is 10.9 Å². The van der Waals surface area contributed by atoms with Gasteiger partial charge in [-0.05, 0) is 39.2 Å². The van der Waals surface area contributed by atoms with Gasteiger partial charge in [-0.25, -0.2) is 0 Å². The van der Waals surface area contributed by atoms with Gasteiger partial charge in [0.15, 0.2) is 5.52 Å². The Labute approximate surface area is 129 Å². The largest absolute Gasteiger partial charge is 1.00 e. The first kappa shape index (κ1) is 16.6. The quantitative estimate of drug-likeness (QED) is 0.582. The third-order valence-electron chi connectivity index (χ3n) is 3.35. The first-order valence-electron chi connectivity index (χ1n) is 6.28. The van der Waals surface area contributed by atoms with Crippen molar-refractivity contribution in [1.29, 1.82) is 0 Å². The average molecular weight is 274 g/mol. The monoisotopic (exact) mass is 274 g/mol. The number of hydrogen-bond donors (Lipinski definition) is 0. The van der Waals surface area contributed by atoms with Crippen LogP contribution < -0.4 is 28.3 Å². The molecule has 0 N–H and O–H groups in total. The van der Waals surface area contributed by atoms with Crippen molar-refractivity contribution in [2.45, 2.75) is 31.3 Å². The molecule has 0 heterocycles. The van der Waals surface area contributed by atoms with Gasteiger partial charge in [0.05, 0.1) is 14.2 Å². The maximum Gasteiger partial charge on any atom is 1.00 e. The minimum atomic E-state index is 0. The molecule has 100 valence electrons. The third-order valence-corrected chi connectivity index (χ3v) is 4.84. The Kier molecular flexibility index (Phi) is 6.93. The molecule has 19 heavy (non-hydrogen) atoms. The molecule has 2 rings (SSSR count). The topological polar surface area (TPSA) is 35.5 Å². The van der Waals surface area contributed by atoms with E-state index in [0.29, 0.717) is 31.3 Å². The van der Waals surface area contributed by atoms with Crippen molar-refractivity contribution in [3.8, 4) is 11.5 Å². The van der Waals surface area contributed by atoms with Crippen molar-refractivity contribution in [3.63, 3.8) is 0 Å². The zero-order valence-corrected chi connectivity index (χ0v) is 12.9. The van der Waals surface area contributed by atoms with Gasteiger partial charge in [-0.1, -0.05) is 18.9 Å². The number of methoxy groups -OCH3 is 2. The minimum Gasteiger partial charge on any atom is -1.00 e. The number of benzene rings is 1. The Hall–Kier alpha value is -0.483. The fraction of sp³-hybridized carbons (Fsp3) is 0.500. The maximum absolute atomic E-state index is 12.4. The molecule has 1 aromatic rings. The molecule has 3 nitrogen and oxygen atoms in total. The summed E-state index contributed by atoms with van der Waals surface area (Å²) in [5, 5.41) is 0. The summed E-state index contributed by atoms with van der Waals surface area (Å²) in [4.78, 5) is 12.4. The van der Waals surface area contributed by atoms with Crippen molar-refractivity contribution in [1.82, 2.24) is 0 Å². The van der Waals surface area contributed by atoms with Gasteiger partial charge in [0.2, 0.25) is 0 Å². The Morgan fingerprint density at radius 1 is 1.21 bits per heavy atom. The summed E-state index contributed by atoms with van der Waals surface area (Å²) in [7, 11) is 3.51. The molecule has 1 aliphatic carbocycles. The molecule has 1 atom stereocenters. The molecule has 1 fully saturated rings. The van der Waals surface area contributed by atoms with Crippen LogP contribution >= 0.6 is 8.58 Å². The molecule has 1 aliphatic rings.